The number of nitrogens with zero attached hydrogens (tertiary/aromatic N) is 5. The van der Waals surface area contributed by atoms with E-state index in [4.69, 9.17) is 0 Å². The maximum Gasteiger partial charge on any atom is 0.239 e. The van der Waals surface area contributed by atoms with Crippen molar-refractivity contribution in [3.63, 3.8) is 0 Å². The van der Waals surface area contributed by atoms with Crippen LogP contribution in [0.15, 0.2) is 12.4 Å². The molecule has 0 bridgehead atoms. The van der Waals surface area contributed by atoms with Gasteiger partial charge in [0.1, 0.15) is 0 Å². The van der Waals surface area contributed by atoms with Crippen LogP contribution in [0.5, 0.6) is 0 Å². The number of piperidine rings is 2. The Morgan fingerprint density at radius 1 is 1.21 bits per heavy atom. The van der Waals surface area contributed by atoms with E-state index in [1.54, 1.807) is 6.20 Å². The molecule has 3 rings (SSSR count). The first-order valence-corrected chi connectivity index (χ1v) is 9.29. The van der Waals surface area contributed by atoms with Gasteiger partial charge in [-0.05, 0) is 43.6 Å². The van der Waals surface area contributed by atoms with Gasteiger partial charge in [-0.1, -0.05) is 26.0 Å². The Kier molecular flexibility index (Phi) is 5.23. The maximum atomic E-state index is 13.0. The van der Waals surface area contributed by atoms with E-state index in [1.165, 1.54) is 12.8 Å². The van der Waals surface area contributed by atoms with Gasteiger partial charge in [-0.25, -0.2) is 0 Å². The topological polar surface area (TPSA) is 54.3 Å². The molecule has 24 heavy (non-hydrogen) atoms. The zero-order valence-electron chi connectivity index (χ0n) is 15.3. The maximum absolute atomic E-state index is 13.0. The van der Waals surface area contributed by atoms with Gasteiger partial charge in [0.2, 0.25) is 5.91 Å². The number of rotatable bonds is 4. The molecule has 0 spiro atoms. The summed E-state index contributed by atoms with van der Waals surface area (Å²) in [7, 11) is 0. The Balaban J connectivity index is 1.61. The summed E-state index contributed by atoms with van der Waals surface area (Å²) >= 11 is 0. The van der Waals surface area contributed by atoms with Crippen LogP contribution in [0.3, 0.4) is 0 Å². The third-order valence-electron chi connectivity index (χ3n) is 5.08. The zero-order valence-corrected chi connectivity index (χ0v) is 15.3. The number of carbonyl (C=O) groups is 1. The second-order valence-corrected chi connectivity index (χ2v) is 8.61. The Morgan fingerprint density at radius 3 is 2.71 bits per heavy atom. The largest absolute Gasteiger partial charge is 0.341 e. The molecule has 134 valence electrons. The van der Waals surface area contributed by atoms with E-state index in [0.717, 1.165) is 45.6 Å². The van der Waals surface area contributed by atoms with Crippen molar-refractivity contribution in [2.45, 2.75) is 59.0 Å². The fraction of sp³-hybridized carbons (Fsp3) is 0.833. The molecule has 6 nitrogen and oxygen atoms in total. The molecule has 2 atom stereocenters. The molecule has 0 aliphatic carbocycles. The molecule has 3 heterocycles. The van der Waals surface area contributed by atoms with Crippen LogP contribution < -0.4 is 0 Å². The number of carbonyl (C=O) groups excluding carboxylic acids is 1. The van der Waals surface area contributed by atoms with Crippen molar-refractivity contribution in [3.05, 3.63) is 12.4 Å². The van der Waals surface area contributed by atoms with E-state index in [1.807, 2.05) is 10.9 Å². The highest BCUT2D eigenvalue weighted by atomic mass is 16.2. The lowest BCUT2D eigenvalue weighted by atomic mass is 9.91. The minimum Gasteiger partial charge on any atom is -0.341 e. The van der Waals surface area contributed by atoms with Crippen molar-refractivity contribution >= 4 is 5.91 Å². The SMILES string of the molecule is CC(C)(C)CN1CCCC(N2CCCC(Cn3ccnn3)C2)C1=O. The van der Waals surface area contributed by atoms with Gasteiger partial charge in [0.15, 0.2) is 0 Å². The van der Waals surface area contributed by atoms with Crippen LogP contribution in [0.1, 0.15) is 46.5 Å². The molecule has 0 aromatic carbocycles. The summed E-state index contributed by atoms with van der Waals surface area (Å²) in [5, 5.41) is 7.98. The van der Waals surface area contributed by atoms with Crippen molar-refractivity contribution in [2.75, 3.05) is 26.2 Å². The number of amides is 1. The first-order valence-electron chi connectivity index (χ1n) is 9.29. The number of likely N-dealkylation sites (tertiary alicyclic amines) is 2. The van der Waals surface area contributed by atoms with E-state index in [0.29, 0.717) is 11.8 Å². The second-order valence-electron chi connectivity index (χ2n) is 8.61. The highest BCUT2D eigenvalue weighted by Crippen LogP contribution is 2.26. The normalized spacial score (nSPS) is 26.8. The van der Waals surface area contributed by atoms with E-state index < -0.39 is 0 Å². The number of hydrogen-bond donors (Lipinski definition) is 0. The van der Waals surface area contributed by atoms with Crippen LogP contribution in [-0.4, -0.2) is 62.9 Å². The molecular weight excluding hydrogens is 302 g/mol. The molecule has 2 fully saturated rings. The Labute approximate surface area is 145 Å². The van der Waals surface area contributed by atoms with Gasteiger partial charge in [0, 0.05) is 32.4 Å². The molecule has 2 aliphatic rings. The highest BCUT2D eigenvalue weighted by Gasteiger charge is 2.36. The van der Waals surface area contributed by atoms with Gasteiger partial charge in [-0.2, -0.15) is 0 Å². The molecule has 2 aliphatic heterocycles. The van der Waals surface area contributed by atoms with Crippen molar-refractivity contribution in [1.29, 1.82) is 0 Å². The number of hydrogen-bond acceptors (Lipinski definition) is 4. The average molecular weight is 333 g/mol. The second kappa shape index (κ2) is 7.21. The van der Waals surface area contributed by atoms with Crippen molar-refractivity contribution in [2.24, 2.45) is 11.3 Å². The average Bonchev–Trinajstić information content (AvgIpc) is 3.01. The van der Waals surface area contributed by atoms with Gasteiger partial charge < -0.3 is 4.90 Å². The van der Waals surface area contributed by atoms with E-state index in [9.17, 15) is 4.79 Å². The minimum absolute atomic E-state index is 0.0830. The molecule has 0 saturated carbocycles. The molecule has 6 heteroatoms. The molecule has 1 aromatic rings. The van der Waals surface area contributed by atoms with Crippen LogP contribution in [0, 0.1) is 11.3 Å². The smallest absolute Gasteiger partial charge is 0.239 e. The summed E-state index contributed by atoms with van der Waals surface area (Å²) in [6.45, 7) is 11.4. The third-order valence-corrected chi connectivity index (χ3v) is 5.08. The third kappa shape index (κ3) is 4.35. The van der Waals surface area contributed by atoms with Crippen LogP contribution in [0.25, 0.3) is 0 Å². The molecular formula is C18H31N5O. The van der Waals surface area contributed by atoms with Crippen molar-refractivity contribution < 1.29 is 4.79 Å². The van der Waals surface area contributed by atoms with Gasteiger partial charge in [0.05, 0.1) is 12.2 Å². The lowest BCUT2D eigenvalue weighted by Gasteiger charge is -2.43. The van der Waals surface area contributed by atoms with E-state index in [2.05, 4.69) is 40.9 Å². The monoisotopic (exact) mass is 333 g/mol. The van der Waals surface area contributed by atoms with Gasteiger partial charge >= 0.3 is 0 Å². The van der Waals surface area contributed by atoms with Gasteiger partial charge in [-0.3, -0.25) is 14.4 Å². The standard InChI is InChI=1S/C18H31N5O/c1-18(2,3)14-22-10-5-7-16(17(22)24)21-9-4-6-15(12-21)13-23-11-8-19-20-23/h8,11,15-16H,4-7,9-10,12-14H2,1-3H3. The molecule has 0 radical (unpaired) electrons. The fourth-order valence-corrected chi connectivity index (χ4v) is 4.11. The number of aromatic nitrogens is 3. The summed E-state index contributed by atoms with van der Waals surface area (Å²) in [6, 6.07) is 0.0830. The molecule has 1 amide bonds. The van der Waals surface area contributed by atoms with Crippen LogP contribution in [0.4, 0.5) is 0 Å². The molecule has 2 unspecified atom stereocenters. The van der Waals surface area contributed by atoms with E-state index in [-0.39, 0.29) is 11.5 Å². The first-order chi connectivity index (χ1) is 11.4. The Hall–Kier alpha value is -1.43. The molecule has 0 N–H and O–H groups in total. The molecule has 2 saturated heterocycles. The fourth-order valence-electron chi connectivity index (χ4n) is 4.11. The quantitative estimate of drug-likeness (QED) is 0.846. The summed E-state index contributed by atoms with van der Waals surface area (Å²) < 4.78 is 1.92. The van der Waals surface area contributed by atoms with Crippen LogP contribution in [-0.2, 0) is 11.3 Å². The lowest BCUT2D eigenvalue weighted by Crippen LogP contribution is -2.56. The highest BCUT2D eigenvalue weighted by molar-refractivity contribution is 5.82. The first kappa shape index (κ1) is 17.4. The lowest BCUT2D eigenvalue weighted by molar-refractivity contribution is -0.142. The predicted octanol–water partition coefficient (Wildman–Crippen LogP) is 2.03. The molecule has 1 aromatic heterocycles. The van der Waals surface area contributed by atoms with Crippen molar-refractivity contribution in [3.8, 4) is 0 Å². The summed E-state index contributed by atoms with van der Waals surface area (Å²) in [5.74, 6) is 0.906. The zero-order chi connectivity index (χ0) is 17.2. The van der Waals surface area contributed by atoms with Crippen LogP contribution in [0.2, 0.25) is 0 Å². The Morgan fingerprint density at radius 2 is 2.00 bits per heavy atom. The van der Waals surface area contributed by atoms with Gasteiger partial charge in [-0.15, -0.1) is 5.10 Å². The summed E-state index contributed by atoms with van der Waals surface area (Å²) in [4.78, 5) is 17.5. The van der Waals surface area contributed by atoms with Crippen molar-refractivity contribution in [1.82, 2.24) is 24.8 Å². The van der Waals surface area contributed by atoms with E-state index >= 15 is 0 Å². The Bertz CT molecular complexity index is 536. The van der Waals surface area contributed by atoms with Gasteiger partial charge in [0.25, 0.3) is 0 Å². The summed E-state index contributed by atoms with van der Waals surface area (Å²) in [6.07, 6.45) is 8.17. The van der Waals surface area contributed by atoms with Crippen LogP contribution >= 0.6 is 0 Å². The summed E-state index contributed by atoms with van der Waals surface area (Å²) in [5.41, 5.74) is 0.162. The minimum atomic E-state index is 0.0830. The predicted molar refractivity (Wildman–Crippen MR) is 93.4 cm³/mol.